The lowest BCUT2D eigenvalue weighted by Crippen LogP contribution is -1.73. The van der Waals surface area contributed by atoms with Gasteiger partial charge in [0, 0.05) is 11.5 Å². The van der Waals surface area contributed by atoms with Crippen LogP contribution >= 0.6 is 0 Å². The van der Waals surface area contributed by atoms with E-state index in [1.54, 1.807) is 0 Å². The molecule has 0 aromatic carbocycles. The maximum Gasteiger partial charge on any atom is 0.0260 e. The highest BCUT2D eigenvalue weighted by Crippen LogP contribution is 1.88. The molecule has 44 valence electrons. The van der Waals surface area contributed by atoms with Crippen molar-refractivity contribution in [1.29, 1.82) is 0 Å². The van der Waals surface area contributed by atoms with Crippen molar-refractivity contribution >= 4 is 0 Å². The zero-order chi connectivity index (χ0) is 6.24. The van der Waals surface area contributed by atoms with Gasteiger partial charge in [-0.1, -0.05) is 11.2 Å². The summed E-state index contributed by atoms with van der Waals surface area (Å²) in [5, 5.41) is 3.34. The van der Waals surface area contributed by atoms with Gasteiger partial charge in [-0.05, 0) is 18.4 Å². The van der Waals surface area contributed by atoms with Crippen molar-refractivity contribution < 1.29 is 0 Å². The molecule has 0 spiro atoms. The Morgan fingerprint density at radius 1 is 1.75 bits per heavy atom. The second kappa shape index (κ2) is 6.05. The van der Waals surface area contributed by atoms with Crippen LogP contribution in [0.1, 0.15) is 12.8 Å². The molecule has 3 nitrogen and oxygen atoms in total. The summed E-state index contributed by atoms with van der Waals surface area (Å²) in [6.07, 6.45) is 3.65. The number of azide groups is 1. The fourth-order valence-electron chi connectivity index (χ4n) is 0.351. The molecule has 0 fully saturated rings. The molecule has 0 atom stereocenters. The van der Waals surface area contributed by atoms with E-state index >= 15 is 0 Å². The van der Waals surface area contributed by atoms with Gasteiger partial charge < -0.3 is 0 Å². The number of unbranched alkanes of at least 4 members (excludes halogenated alkanes) is 1. The number of hydrogen-bond donors (Lipinski definition) is 0. The predicted octanol–water partition coefficient (Wildman–Crippen LogP) is 2.26. The molecule has 0 aliphatic heterocycles. The average molecular weight is 111 g/mol. The molecule has 0 aliphatic carbocycles. The molecule has 0 saturated heterocycles. The predicted molar refractivity (Wildman–Crippen MR) is 33.4 cm³/mol. The summed E-state index contributed by atoms with van der Waals surface area (Å²) in [4.78, 5) is 2.60. The van der Waals surface area contributed by atoms with Gasteiger partial charge in [-0.3, -0.25) is 0 Å². The highest BCUT2D eigenvalue weighted by Gasteiger charge is 1.76. The number of rotatable bonds is 4. The summed E-state index contributed by atoms with van der Waals surface area (Å²) in [7, 11) is 0. The van der Waals surface area contributed by atoms with Crippen LogP contribution in [0.3, 0.4) is 0 Å². The first-order valence-corrected chi connectivity index (χ1v) is 2.53. The largest absolute Gasteiger partial charge is 0.103 e. The Balaban J connectivity index is 2.93. The van der Waals surface area contributed by atoms with Gasteiger partial charge in [-0.2, -0.15) is 0 Å². The first kappa shape index (κ1) is 7.05. The van der Waals surface area contributed by atoms with E-state index in [0.29, 0.717) is 6.54 Å². The topological polar surface area (TPSA) is 48.8 Å². The zero-order valence-corrected chi connectivity index (χ0v) is 4.75. The summed E-state index contributed by atoms with van der Waals surface area (Å²) in [6, 6.07) is 0. The first-order chi connectivity index (χ1) is 3.91. The third-order valence-corrected chi connectivity index (χ3v) is 0.730. The normalized spacial score (nSPS) is 7.50. The summed E-state index contributed by atoms with van der Waals surface area (Å²) < 4.78 is 0. The van der Waals surface area contributed by atoms with Crippen LogP contribution in [0.4, 0.5) is 0 Å². The summed E-state index contributed by atoms with van der Waals surface area (Å²) in [5.41, 5.74) is 7.80. The van der Waals surface area contributed by atoms with Gasteiger partial charge in [-0.25, -0.2) is 0 Å². The van der Waals surface area contributed by atoms with E-state index in [-0.39, 0.29) is 0 Å². The van der Waals surface area contributed by atoms with Crippen LogP contribution in [0.25, 0.3) is 10.4 Å². The van der Waals surface area contributed by atoms with Crippen molar-refractivity contribution in [2.24, 2.45) is 5.11 Å². The highest BCUT2D eigenvalue weighted by molar-refractivity contribution is 4.66. The summed E-state index contributed by atoms with van der Waals surface area (Å²) in [5.74, 6) is 0. The molecule has 0 rings (SSSR count). The van der Waals surface area contributed by atoms with E-state index < -0.39 is 0 Å². The van der Waals surface area contributed by atoms with Gasteiger partial charge in [0.1, 0.15) is 0 Å². The van der Waals surface area contributed by atoms with E-state index in [4.69, 9.17) is 5.53 Å². The molecule has 0 amide bonds. The number of hydrogen-bond acceptors (Lipinski definition) is 1. The van der Waals surface area contributed by atoms with Gasteiger partial charge in [0.25, 0.3) is 0 Å². The van der Waals surface area contributed by atoms with Gasteiger partial charge in [-0.15, -0.1) is 6.58 Å². The molecular weight excluding hydrogens is 102 g/mol. The van der Waals surface area contributed by atoms with E-state index in [0.717, 1.165) is 12.8 Å². The monoisotopic (exact) mass is 111 g/mol. The molecule has 0 heterocycles. The van der Waals surface area contributed by atoms with E-state index in [9.17, 15) is 0 Å². The second-order valence-corrected chi connectivity index (χ2v) is 1.39. The van der Waals surface area contributed by atoms with Gasteiger partial charge in [0.15, 0.2) is 0 Å². The minimum absolute atomic E-state index is 0.586. The molecule has 3 heteroatoms. The van der Waals surface area contributed by atoms with Gasteiger partial charge in [0.2, 0.25) is 0 Å². The summed E-state index contributed by atoms with van der Waals surface area (Å²) in [6.45, 7) is 4.11. The molecular formula is C5H9N3. The molecule has 0 N–H and O–H groups in total. The lowest BCUT2D eigenvalue weighted by molar-refractivity contribution is 0.850. The minimum atomic E-state index is 0.586. The maximum atomic E-state index is 7.80. The lowest BCUT2D eigenvalue weighted by Gasteiger charge is -1.83. The quantitative estimate of drug-likeness (QED) is 0.176. The first-order valence-electron chi connectivity index (χ1n) is 2.53. The SMILES string of the molecule is C=CCCCN=[N+]=[N-]. The smallest absolute Gasteiger partial charge is 0.0260 e. The standard InChI is InChI=1S/C5H9N3/c1-2-3-4-5-7-8-6/h2H,1,3-5H2. The fourth-order valence-corrected chi connectivity index (χ4v) is 0.351. The molecule has 0 aromatic rings. The van der Waals surface area contributed by atoms with Crippen molar-refractivity contribution in [1.82, 2.24) is 0 Å². The lowest BCUT2D eigenvalue weighted by atomic mass is 10.3. The molecule has 0 saturated carbocycles. The van der Waals surface area contributed by atoms with E-state index in [1.807, 2.05) is 6.08 Å². The Bertz CT molecular complexity index is 102. The van der Waals surface area contributed by atoms with Crippen molar-refractivity contribution in [3.63, 3.8) is 0 Å². The van der Waals surface area contributed by atoms with Crippen LogP contribution in [0.2, 0.25) is 0 Å². The van der Waals surface area contributed by atoms with Crippen LogP contribution in [0.15, 0.2) is 17.8 Å². The van der Waals surface area contributed by atoms with Crippen LogP contribution in [0.5, 0.6) is 0 Å². The van der Waals surface area contributed by atoms with Crippen LogP contribution in [-0.4, -0.2) is 6.54 Å². The number of allylic oxidation sites excluding steroid dienone is 1. The Morgan fingerprint density at radius 2 is 2.50 bits per heavy atom. The molecule has 0 unspecified atom stereocenters. The third kappa shape index (κ3) is 5.05. The molecule has 0 radical (unpaired) electrons. The molecule has 0 bridgehead atoms. The average Bonchev–Trinajstić information content (AvgIpc) is 1.81. The van der Waals surface area contributed by atoms with Crippen LogP contribution in [0, 0.1) is 0 Å². The molecule has 0 aliphatic rings. The van der Waals surface area contributed by atoms with Crippen molar-refractivity contribution in [3.05, 3.63) is 23.1 Å². The second-order valence-electron chi connectivity index (χ2n) is 1.39. The fraction of sp³-hybridized carbons (Fsp3) is 0.600. The Labute approximate surface area is 48.6 Å². The number of nitrogens with zero attached hydrogens (tertiary/aromatic N) is 3. The minimum Gasteiger partial charge on any atom is -0.103 e. The zero-order valence-electron chi connectivity index (χ0n) is 4.75. The van der Waals surface area contributed by atoms with Crippen LogP contribution < -0.4 is 0 Å². The van der Waals surface area contributed by atoms with Crippen LogP contribution in [-0.2, 0) is 0 Å². The summed E-state index contributed by atoms with van der Waals surface area (Å²) >= 11 is 0. The maximum absolute atomic E-state index is 7.80. The Morgan fingerprint density at radius 3 is 3.00 bits per heavy atom. The van der Waals surface area contributed by atoms with Gasteiger partial charge in [0.05, 0.1) is 0 Å². The Hall–Kier alpha value is -0.950. The van der Waals surface area contributed by atoms with E-state index in [1.165, 1.54) is 0 Å². The van der Waals surface area contributed by atoms with Gasteiger partial charge >= 0.3 is 0 Å². The van der Waals surface area contributed by atoms with Crippen molar-refractivity contribution in [2.75, 3.05) is 6.54 Å². The van der Waals surface area contributed by atoms with Crippen molar-refractivity contribution in [2.45, 2.75) is 12.8 Å². The highest BCUT2D eigenvalue weighted by atomic mass is 15.1. The van der Waals surface area contributed by atoms with E-state index in [2.05, 4.69) is 16.6 Å². The molecule has 0 aromatic heterocycles. The third-order valence-electron chi connectivity index (χ3n) is 0.730. The Kier molecular flexibility index (Phi) is 5.33. The molecule has 8 heavy (non-hydrogen) atoms. The van der Waals surface area contributed by atoms with Crippen molar-refractivity contribution in [3.8, 4) is 0 Å².